The van der Waals surface area contributed by atoms with Crippen molar-refractivity contribution in [1.29, 1.82) is 0 Å². The van der Waals surface area contributed by atoms with Gasteiger partial charge in [0.1, 0.15) is 0 Å². The van der Waals surface area contributed by atoms with Gasteiger partial charge in [-0.25, -0.2) is 4.79 Å². The van der Waals surface area contributed by atoms with Gasteiger partial charge >= 0.3 is 5.97 Å². The van der Waals surface area contributed by atoms with Crippen LogP contribution in [0.3, 0.4) is 0 Å². The Morgan fingerprint density at radius 3 is 3.21 bits per heavy atom. The molecule has 0 fully saturated rings. The van der Waals surface area contributed by atoms with Gasteiger partial charge in [0, 0.05) is 28.9 Å². The molecule has 0 bridgehead atoms. The number of rotatable bonds is 2. The topological polar surface area (TPSA) is 49.3 Å². The molecule has 0 aromatic carbocycles. The second kappa shape index (κ2) is 3.94. The molecule has 2 heterocycles. The lowest BCUT2D eigenvalue weighted by atomic mass is 10.1. The normalized spacial score (nSPS) is 15.7. The van der Waals surface area contributed by atoms with E-state index < -0.39 is 5.97 Å². The third-order valence-corrected chi connectivity index (χ3v) is 3.35. The summed E-state index contributed by atoms with van der Waals surface area (Å²) in [6.45, 7) is 1.93. The van der Waals surface area contributed by atoms with Crippen LogP contribution in [0.4, 0.5) is 0 Å². The smallest absolute Gasteiger partial charge is 0.328 e. The zero-order valence-electron chi connectivity index (χ0n) is 7.62. The Hall–Kier alpha value is -1.13. The summed E-state index contributed by atoms with van der Waals surface area (Å²) in [5.74, 6) is -0.894. The number of carboxylic acid groups (broad SMARTS) is 1. The third kappa shape index (κ3) is 2.02. The van der Waals surface area contributed by atoms with Gasteiger partial charge < -0.3 is 10.4 Å². The number of nitrogens with one attached hydrogen (secondary N) is 1. The molecule has 0 radical (unpaired) electrons. The molecule has 0 atom stereocenters. The van der Waals surface area contributed by atoms with Crippen LogP contribution < -0.4 is 5.32 Å². The molecular formula is C10H11NO2S. The fourth-order valence-electron chi connectivity index (χ4n) is 1.51. The summed E-state index contributed by atoms with van der Waals surface area (Å²) in [7, 11) is 0. The van der Waals surface area contributed by atoms with Crippen LogP contribution in [0.1, 0.15) is 15.3 Å². The van der Waals surface area contributed by atoms with Crippen molar-refractivity contribution in [3.8, 4) is 0 Å². The molecule has 2 rings (SSSR count). The van der Waals surface area contributed by atoms with Gasteiger partial charge in [-0.15, -0.1) is 11.3 Å². The molecule has 14 heavy (non-hydrogen) atoms. The Balaban J connectivity index is 2.20. The highest BCUT2D eigenvalue weighted by Gasteiger charge is 2.11. The molecular weight excluding hydrogens is 198 g/mol. The monoisotopic (exact) mass is 209 g/mol. The minimum atomic E-state index is -0.894. The van der Waals surface area contributed by atoms with Crippen molar-refractivity contribution in [3.63, 3.8) is 0 Å². The minimum absolute atomic E-state index is 0.894. The fraction of sp³-hybridized carbons (Fsp3) is 0.300. The number of thiophene rings is 1. The SMILES string of the molecule is O=C(O)/C=C/c1cc2c(s1)CCNC2. The van der Waals surface area contributed by atoms with Gasteiger partial charge in [-0.3, -0.25) is 0 Å². The molecule has 0 amide bonds. The van der Waals surface area contributed by atoms with Crippen LogP contribution in [0.2, 0.25) is 0 Å². The largest absolute Gasteiger partial charge is 0.478 e. The lowest BCUT2D eigenvalue weighted by Crippen LogP contribution is -2.21. The van der Waals surface area contributed by atoms with Crippen LogP contribution >= 0.6 is 11.3 Å². The van der Waals surface area contributed by atoms with Crippen LogP contribution in [0, 0.1) is 0 Å². The highest BCUT2D eigenvalue weighted by Crippen LogP contribution is 2.25. The van der Waals surface area contributed by atoms with E-state index in [1.54, 1.807) is 17.4 Å². The third-order valence-electron chi connectivity index (χ3n) is 2.15. The Bertz CT molecular complexity index is 358. The highest BCUT2D eigenvalue weighted by atomic mass is 32.1. The average Bonchev–Trinajstić information content (AvgIpc) is 2.57. The van der Waals surface area contributed by atoms with Crippen LogP contribution in [0.5, 0.6) is 0 Å². The highest BCUT2D eigenvalue weighted by molar-refractivity contribution is 7.13. The lowest BCUT2D eigenvalue weighted by molar-refractivity contribution is -0.131. The average molecular weight is 209 g/mol. The van der Waals surface area contributed by atoms with E-state index in [1.807, 2.05) is 0 Å². The first kappa shape index (κ1) is 9.43. The predicted octanol–water partition coefficient (Wildman–Crippen LogP) is 1.49. The van der Waals surface area contributed by atoms with Crippen LogP contribution in [0.25, 0.3) is 6.08 Å². The van der Waals surface area contributed by atoms with Crippen molar-refractivity contribution in [2.45, 2.75) is 13.0 Å². The maximum Gasteiger partial charge on any atom is 0.328 e. The van der Waals surface area contributed by atoms with E-state index in [0.717, 1.165) is 24.4 Å². The summed E-state index contributed by atoms with van der Waals surface area (Å²) in [5.41, 5.74) is 1.31. The number of hydrogen-bond acceptors (Lipinski definition) is 3. The van der Waals surface area contributed by atoms with E-state index in [0.29, 0.717) is 0 Å². The quantitative estimate of drug-likeness (QED) is 0.725. The number of aliphatic carboxylic acids is 1. The van der Waals surface area contributed by atoms with E-state index in [1.165, 1.54) is 16.5 Å². The van der Waals surface area contributed by atoms with Crippen molar-refractivity contribution in [2.24, 2.45) is 0 Å². The van der Waals surface area contributed by atoms with Gasteiger partial charge in [0.2, 0.25) is 0 Å². The van der Waals surface area contributed by atoms with Crippen LogP contribution in [-0.2, 0) is 17.8 Å². The molecule has 4 heteroatoms. The molecule has 1 aliphatic rings. The van der Waals surface area contributed by atoms with Crippen LogP contribution in [-0.4, -0.2) is 17.6 Å². The summed E-state index contributed by atoms with van der Waals surface area (Å²) in [6, 6.07) is 2.06. The van der Waals surface area contributed by atoms with Crippen molar-refractivity contribution in [2.75, 3.05) is 6.54 Å². The Labute approximate surface area is 86.1 Å². The molecule has 1 aliphatic heterocycles. The zero-order valence-corrected chi connectivity index (χ0v) is 8.43. The van der Waals surface area contributed by atoms with Gasteiger partial charge in [-0.2, -0.15) is 0 Å². The molecule has 3 nitrogen and oxygen atoms in total. The maximum atomic E-state index is 10.3. The summed E-state index contributed by atoms with van der Waals surface area (Å²) >= 11 is 1.69. The Kier molecular flexibility index (Phi) is 2.65. The van der Waals surface area contributed by atoms with E-state index in [9.17, 15) is 4.79 Å². The van der Waals surface area contributed by atoms with Gasteiger partial charge in [-0.05, 0) is 24.1 Å². The molecule has 1 aromatic rings. The van der Waals surface area contributed by atoms with E-state index >= 15 is 0 Å². The summed E-state index contributed by atoms with van der Waals surface area (Å²) in [5, 5.41) is 11.8. The van der Waals surface area contributed by atoms with E-state index in [2.05, 4.69) is 11.4 Å². The zero-order chi connectivity index (χ0) is 9.97. The van der Waals surface area contributed by atoms with Crippen molar-refractivity contribution in [1.82, 2.24) is 5.32 Å². The molecule has 1 aromatic heterocycles. The van der Waals surface area contributed by atoms with Gasteiger partial charge in [0.05, 0.1) is 0 Å². The minimum Gasteiger partial charge on any atom is -0.478 e. The number of hydrogen-bond donors (Lipinski definition) is 2. The van der Waals surface area contributed by atoms with Crippen molar-refractivity contribution in [3.05, 3.63) is 27.5 Å². The van der Waals surface area contributed by atoms with Gasteiger partial charge in [0.15, 0.2) is 0 Å². The Morgan fingerprint density at radius 2 is 2.50 bits per heavy atom. The van der Waals surface area contributed by atoms with Crippen molar-refractivity contribution < 1.29 is 9.90 Å². The molecule has 74 valence electrons. The lowest BCUT2D eigenvalue weighted by Gasteiger charge is -2.10. The molecule has 0 aliphatic carbocycles. The summed E-state index contributed by atoms with van der Waals surface area (Å²) in [6.07, 6.45) is 3.90. The molecule has 0 unspecified atom stereocenters. The number of carbonyl (C=O) groups is 1. The first-order valence-electron chi connectivity index (χ1n) is 4.49. The molecule has 0 spiro atoms. The summed E-state index contributed by atoms with van der Waals surface area (Å²) < 4.78 is 0. The maximum absolute atomic E-state index is 10.3. The Morgan fingerprint density at radius 1 is 1.64 bits per heavy atom. The standard InChI is InChI=1S/C10H11NO2S/c12-10(13)2-1-8-5-7-6-11-4-3-9(7)14-8/h1-2,5,11H,3-4,6H2,(H,12,13)/b2-1+. The fourth-order valence-corrected chi connectivity index (χ4v) is 2.60. The van der Waals surface area contributed by atoms with E-state index in [-0.39, 0.29) is 0 Å². The second-order valence-electron chi connectivity index (χ2n) is 3.20. The van der Waals surface area contributed by atoms with Crippen LogP contribution in [0.15, 0.2) is 12.1 Å². The predicted molar refractivity (Wildman–Crippen MR) is 56.4 cm³/mol. The van der Waals surface area contributed by atoms with Crippen molar-refractivity contribution >= 4 is 23.4 Å². The summed E-state index contributed by atoms with van der Waals surface area (Å²) in [4.78, 5) is 12.7. The second-order valence-corrected chi connectivity index (χ2v) is 4.36. The molecule has 0 saturated carbocycles. The first-order valence-corrected chi connectivity index (χ1v) is 5.30. The molecule has 0 saturated heterocycles. The molecule has 2 N–H and O–H groups in total. The van der Waals surface area contributed by atoms with Gasteiger partial charge in [-0.1, -0.05) is 0 Å². The first-order chi connectivity index (χ1) is 6.75. The van der Waals surface area contributed by atoms with Gasteiger partial charge in [0.25, 0.3) is 0 Å². The van der Waals surface area contributed by atoms with E-state index in [4.69, 9.17) is 5.11 Å². The number of fused-ring (bicyclic) bond motifs is 1. The number of carboxylic acids is 1.